The number of carbonyl (C=O) groups is 1. The normalized spacial score (nSPS) is 13.0. The summed E-state index contributed by atoms with van der Waals surface area (Å²) < 4.78 is 48.9. The van der Waals surface area contributed by atoms with Crippen LogP contribution in [0.1, 0.15) is 15.9 Å². The second-order valence-corrected chi connectivity index (χ2v) is 5.96. The highest BCUT2D eigenvalue weighted by Crippen LogP contribution is 2.38. The Morgan fingerprint density at radius 2 is 1.89 bits per heavy atom. The number of rotatable bonds is 4. The Labute approximate surface area is 160 Å². The Balaban J connectivity index is 1.79. The zero-order valence-corrected chi connectivity index (χ0v) is 14.6. The van der Waals surface area contributed by atoms with Crippen LogP contribution in [0.4, 0.5) is 24.5 Å². The van der Waals surface area contributed by atoms with E-state index in [0.717, 1.165) is 6.07 Å². The fraction of sp³-hybridized carbons (Fsp3) is 0.188. The maximum Gasteiger partial charge on any atom is 0.416 e. The second-order valence-electron chi connectivity index (χ2n) is 5.55. The molecule has 148 valence electrons. The van der Waals surface area contributed by atoms with E-state index in [4.69, 9.17) is 21.1 Å². The number of nitrogens with one attached hydrogen (secondary N) is 2. The summed E-state index contributed by atoms with van der Waals surface area (Å²) in [4.78, 5) is 22.3. The summed E-state index contributed by atoms with van der Waals surface area (Å²) in [6.07, 6.45) is -4.74. The van der Waals surface area contributed by atoms with Gasteiger partial charge >= 0.3 is 6.18 Å². The minimum Gasteiger partial charge on any atom is -0.486 e. The molecule has 2 aromatic carbocycles. The van der Waals surface area contributed by atoms with Crippen LogP contribution >= 0.6 is 11.6 Å². The molecule has 0 spiro atoms. The van der Waals surface area contributed by atoms with Crippen LogP contribution in [0.25, 0.3) is 0 Å². The van der Waals surface area contributed by atoms with Gasteiger partial charge in [0.15, 0.2) is 11.5 Å². The molecule has 2 aromatic rings. The average molecular weight is 418 g/mol. The summed E-state index contributed by atoms with van der Waals surface area (Å²) in [7, 11) is 0. The van der Waals surface area contributed by atoms with Gasteiger partial charge in [-0.2, -0.15) is 13.2 Å². The third kappa shape index (κ3) is 4.03. The van der Waals surface area contributed by atoms with Gasteiger partial charge in [0.25, 0.3) is 11.6 Å². The molecule has 2 N–H and O–H groups in total. The zero-order valence-electron chi connectivity index (χ0n) is 13.8. The lowest BCUT2D eigenvalue weighted by Crippen LogP contribution is -2.30. The van der Waals surface area contributed by atoms with E-state index in [1.807, 2.05) is 0 Å². The summed E-state index contributed by atoms with van der Waals surface area (Å²) in [5.41, 5.74) is 2.11. The molecule has 1 amide bonds. The lowest BCUT2D eigenvalue weighted by Gasteiger charge is -2.20. The molecule has 0 aromatic heterocycles. The lowest BCUT2D eigenvalue weighted by atomic mass is 10.1. The van der Waals surface area contributed by atoms with E-state index in [2.05, 4.69) is 10.9 Å². The monoisotopic (exact) mass is 417 g/mol. The SMILES string of the molecule is O=C(NNc1ccc(C(F)(F)F)cc1[N+](=O)[O-])c1cc(Cl)c2c(c1)OCCO2. The lowest BCUT2D eigenvalue weighted by molar-refractivity contribution is -0.384. The number of alkyl halides is 3. The highest BCUT2D eigenvalue weighted by molar-refractivity contribution is 6.32. The Kier molecular flexibility index (Phi) is 5.18. The highest BCUT2D eigenvalue weighted by atomic mass is 35.5. The molecule has 1 aliphatic heterocycles. The van der Waals surface area contributed by atoms with E-state index < -0.39 is 28.3 Å². The number of nitro benzene ring substituents is 1. The minimum absolute atomic E-state index is 0.0521. The molecule has 28 heavy (non-hydrogen) atoms. The number of hydrogen-bond donors (Lipinski definition) is 2. The predicted molar refractivity (Wildman–Crippen MR) is 91.6 cm³/mol. The molecule has 3 rings (SSSR count). The van der Waals surface area contributed by atoms with E-state index >= 15 is 0 Å². The summed E-state index contributed by atoms with van der Waals surface area (Å²) >= 11 is 6.03. The van der Waals surface area contributed by atoms with Crippen molar-refractivity contribution in [3.8, 4) is 11.5 Å². The molecule has 0 radical (unpaired) electrons. The zero-order chi connectivity index (χ0) is 20.5. The molecule has 0 unspecified atom stereocenters. The maximum absolute atomic E-state index is 12.7. The molecule has 0 atom stereocenters. The van der Waals surface area contributed by atoms with Gasteiger partial charge in [-0.05, 0) is 24.3 Å². The van der Waals surface area contributed by atoms with Crippen LogP contribution in [-0.4, -0.2) is 24.0 Å². The van der Waals surface area contributed by atoms with Crippen molar-refractivity contribution in [2.24, 2.45) is 0 Å². The fourth-order valence-corrected chi connectivity index (χ4v) is 2.67. The predicted octanol–water partition coefficient (Wildman–Crippen LogP) is 3.80. The Morgan fingerprint density at radius 3 is 2.57 bits per heavy atom. The van der Waals surface area contributed by atoms with Crippen LogP contribution in [0.5, 0.6) is 11.5 Å². The van der Waals surface area contributed by atoms with Crippen LogP contribution in [-0.2, 0) is 6.18 Å². The highest BCUT2D eigenvalue weighted by Gasteiger charge is 2.33. The third-order valence-corrected chi connectivity index (χ3v) is 3.97. The van der Waals surface area contributed by atoms with E-state index in [9.17, 15) is 28.1 Å². The van der Waals surface area contributed by atoms with Crippen molar-refractivity contribution >= 4 is 28.9 Å². The molecule has 0 aliphatic carbocycles. The average Bonchev–Trinajstić information content (AvgIpc) is 2.65. The standard InChI is InChI=1S/C16H11ClF3N3O5/c17-10-5-8(6-13-14(10)28-4-3-27-13)15(24)22-21-11-2-1-9(16(18,19)20)7-12(11)23(25)26/h1-2,5-7,21H,3-4H2,(H,22,24). The van der Waals surface area contributed by atoms with Crippen molar-refractivity contribution in [2.45, 2.75) is 6.18 Å². The Bertz CT molecular complexity index is 952. The van der Waals surface area contributed by atoms with Crippen molar-refractivity contribution in [2.75, 3.05) is 18.6 Å². The third-order valence-electron chi connectivity index (χ3n) is 3.69. The molecule has 1 aliphatic rings. The van der Waals surface area contributed by atoms with E-state index in [1.54, 1.807) is 0 Å². The van der Waals surface area contributed by atoms with Crippen LogP contribution in [0.2, 0.25) is 5.02 Å². The second kappa shape index (κ2) is 7.43. The van der Waals surface area contributed by atoms with Crippen molar-refractivity contribution in [3.63, 3.8) is 0 Å². The number of halogens is 4. The molecule has 0 saturated heterocycles. The van der Waals surface area contributed by atoms with E-state index in [0.29, 0.717) is 18.7 Å². The number of amides is 1. The largest absolute Gasteiger partial charge is 0.486 e. The maximum atomic E-state index is 12.7. The van der Waals surface area contributed by atoms with Crippen LogP contribution in [0.15, 0.2) is 30.3 Å². The summed E-state index contributed by atoms with van der Waals surface area (Å²) in [6.45, 7) is 0.571. The summed E-state index contributed by atoms with van der Waals surface area (Å²) in [6, 6.07) is 4.53. The van der Waals surface area contributed by atoms with Gasteiger partial charge in [0.1, 0.15) is 18.9 Å². The molecule has 0 bridgehead atoms. The summed E-state index contributed by atoms with van der Waals surface area (Å²) in [5, 5.41) is 11.2. The van der Waals surface area contributed by atoms with Gasteiger partial charge in [0, 0.05) is 11.6 Å². The van der Waals surface area contributed by atoms with Gasteiger partial charge in [0.05, 0.1) is 15.5 Å². The van der Waals surface area contributed by atoms with Gasteiger partial charge in [-0.15, -0.1) is 0 Å². The van der Waals surface area contributed by atoms with E-state index in [-0.39, 0.29) is 34.4 Å². The van der Waals surface area contributed by atoms with Gasteiger partial charge in [-0.3, -0.25) is 25.8 Å². The number of ether oxygens (including phenoxy) is 2. The molecule has 0 saturated carbocycles. The number of hydrazine groups is 1. The van der Waals surface area contributed by atoms with Crippen molar-refractivity contribution in [3.05, 3.63) is 56.6 Å². The van der Waals surface area contributed by atoms with Crippen LogP contribution in [0, 0.1) is 10.1 Å². The molecular formula is C16H11ClF3N3O5. The van der Waals surface area contributed by atoms with Gasteiger partial charge in [-0.25, -0.2) is 0 Å². The first kappa shape index (κ1) is 19.5. The Hall–Kier alpha value is -3.21. The summed E-state index contributed by atoms with van der Waals surface area (Å²) in [5.74, 6) is -0.201. The molecular weight excluding hydrogens is 407 g/mol. The van der Waals surface area contributed by atoms with E-state index in [1.165, 1.54) is 12.1 Å². The fourth-order valence-electron chi connectivity index (χ4n) is 2.40. The number of carbonyl (C=O) groups excluding carboxylic acids is 1. The Morgan fingerprint density at radius 1 is 1.18 bits per heavy atom. The number of anilines is 1. The first-order valence-electron chi connectivity index (χ1n) is 7.68. The van der Waals surface area contributed by atoms with Crippen molar-refractivity contribution in [1.82, 2.24) is 5.43 Å². The van der Waals surface area contributed by atoms with Gasteiger partial charge in [0.2, 0.25) is 0 Å². The first-order valence-corrected chi connectivity index (χ1v) is 8.06. The van der Waals surface area contributed by atoms with Crippen LogP contribution in [0.3, 0.4) is 0 Å². The van der Waals surface area contributed by atoms with Crippen molar-refractivity contribution < 1.29 is 32.4 Å². The quantitative estimate of drug-likeness (QED) is 0.579. The molecule has 12 heteroatoms. The number of hydrogen-bond acceptors (Lipinski definition) is 6. The molecule has 1 heterocycles. The first-order chi connectivity index (χ1) is 13.2. The van der Waals surface area contributed by atoms with Gasteiger partial charge in [-0.1, -0.05) is 11.6 Å². The molecule has 8 nitrogen and oxygen atoms in total. The number of nitro groups is 1. The number of fused-ring (bicyclic) bond motifs is 1. The van der Waals surface area contributed by atoms with Crippen LogP contribution < -0.4 is 20.3 Å². The molecule has 0 fully saturated rings. The topological polar surface area (TPSA) is 103 Å². The number of nitrogens with zero attached hydrogens (tertiary/aromatic N) is 1. The number of benzene rings is 2. The smallest absolute Gasteiger partial charge is 0.416 e. The van der Waals surface area contributed by atoms with Gasteiger partial charge < -0.3 is 9.47 Å². The van der Waals surface area contributed by atoms with Crippen molar-refractivity contribution in [1.29, 1.82) is 0 Å². The minimum atomic E-state index is -4.74.